The number of sulfonamides is 1. The third-order valence-electron chi connectivity index (χ3n) is 3.34. The Morgan fingerprint density at radius 1 is 1.16 bits per heavy atom. The number of carbonyl (C=O) groups is 2. The molecule has 0 heterocycles. The Labute approximate surface area is 148 Å². The molecule has 0 aliphatic carbocycles. The quantitative estimate of drug-likeness (QED) is 0.630. The molecule has 1 amide bonds. The van der Waals surface area contributed by atoms with Crippen LogP contribution in [0.2, 0.25) is 0 Å². The number of rotatable bonds is 10. The summed E-state index contributed by atoms with van der Waals surface area (Å²) in [6.45, 7) is 4.32. The predicted octanol–water partition coefficient (Wildman–Crippen LogP) is 1.38. The molecule has 1 N–H and O–H groups in total. The summed E-state index contributed by atoms with van der Waals surface area (Å²) in [5, 5.41) is 1.04. The Morgan fingerprint density at radius 2 is 1.80 bits per heavy atom. The lowest BCUT2D eigenvalue weighted by atomic mass is 10.2. The van der Waals surface area contributed by atoms with Crippen LogP contribution >= 0.6 is 0 Å². The van der Waals surface area contributed by atoms with Crippen LogP contribution in [-0.4, -0.2) is 51.4 Å². The Kier molecular flexibility index (Phi) is 8.87. The standard InChI is InChI=1S/C17H24N2O5S/c1-3-19(4-2)16(20)14-24-17(21)10-12-18-25(22,23)13-11-15-8-6-5-7-9-15/h5-9,11,13,18H,3-4,10,12,14H2,1-2H3/b13-11+. The second-order valence-corrected chi connectivity index (χ2v) is 6.78. The van der Waals surface area contributed by atoms with Gasteiger partial charge < -0.3 is 9.64 Å². The number of nitrogens with one attached hydrogen (secondary N) is 1. The molecule has 0 unspecified atom stereocenters. The second-order valence-electron chi connectivity index (χ2n) is 5.13. The first kappa shape index (κ1) is 20.9. The fourth-order valence-corrected chi connectivity index (χ4v) is 2.78. The van der Waals surface area contributed by atoms with Gasteiger partial charge in [-0.05, 0) is 25.5 Å². The van der Waals surface area contributed by atoms with Crippen LogP contribution in [0.4, 0.5) is 0 Å². The molecule has 0 radical (unpaired) electrons. The van der Waals surface area contributed by atoms with Crippen molar-refractivity contribution in [3.05, 3.63) is 41.3 Å². The zero-order valence-electron chi connectivity index (χ0n) is 14.5. The summed E-state index contributed by atoms with van der Waals surface area (Å²) in [6, 6.07) is 8.98. The largest absolute Gasteiger partial charge is 0.456 e. The van der Waals surface area contributed by atoms with E-state index in [1.807, 2.05) is 19.9 Å². The van der Waals surface area contributed by atoms with Gasteiger partial charge in [0, 0.05) is 25.0 Å². The average molecular weight is 368 g/mol. The third kappa shape index (κ3) is 8.46. The van der Waals surface area contributed by atoms with Crippen LogP contribution in [0.15, 0.2) is 35.7 Å². The number of esters is 1. The van der Waals surface area contributed by atoms with Crippen LogP contribution in [0.1, 0.15) is 25.8 Å². The van der Waals surface area contributed by atoms with Crippen LogP contribution in [0.5, 0.6) is 0 Å². The normalized spacial score (nSPS) is 11.4. The number of amides is 1. The predicted molar refractivity (Wildman–Crippen MR) is 95.9 cm³/mol. The molecule has 25 heavy (non-hydrogen) atoms. The molecule has 7 nitrogen and oxygen atoms in total. The van der Waals surface area contributed by atoms with Gasteiger partial charge in [-0.15, -0.1) is 0 Å². The van der Waals surface area contributed by atoms with Crippen molar-refractivity contribution in [3.63, 3.8) is 0 Å². The minimum atomic E-state index is -3.64. The summed E-state index contributed by atoms with van der Waals surface area (Å²) in [4.78, 5) is 24.8. The van der Waals surface area contributed by atoms with Gasteiger partial charge in [0.15, 0.2) is 6.61 Å². The number of nitrogens with zero attached hydrogens (tertiary/aromatic N) is 1. The van der Waals surface area contributed by atoms with Gasteiger partial charge in [0.2, 0.25) is 10.0 Å². The topological polar surface area (TPSA) is 92.8 Å². The average Bonchev–Trinajstić information content (AvgIpc) is 2.60. The minimum absolute atomic E-state index is 0.0975. The molecule has 8 heteroatoms. The molecule has 0 saturated heterocycles. The Balaban J connectivity index is 2.34. The van der Waals surface area contributed by atoms with Crippen molar-refractivity contribution >= 4 is 28.0 Å². The molecule has 1 rings (SSSR count). The molecule has 0 saturated carbocycles. The molecule has 0 spiro atoms. The first-order chi connectivity index (χ1) is 11.9. The van der Waals surface area contributed by atoms with Gasteiger partial charge in [-0.1, -0.05) is 30.3 Å². The number of carbonyl (C=O) groups excluding carboxylic acids is 2. The Morgan fingerprint density at radius 3 is 2.40 bits per heavy atom. The number of likely N-dealkylation sites (N-methyl/N-ethyl adjacent to an activating group) is 1. The van der Waals surface area contributed by atoms with Crippen LogP contribution < -0.4 is 4.72 Å². The van der Waals surface area contributed by atoms with Crippen molar-refractivity contribution in [1.82, 2.24) is 9.62 Å². The summed E-state index contributed by atoms with van der Waals surface area (Å²) in [5.41, 5.74) is 0.752. The summed E-state index contributed by atoms with van der Waals surface area (Å²) in [6.07, 6.45) is 1.31. The van der Waals surface area contributed by atoms with Gasteiger partial charge in [0.25, 0.3) is 5.91 Å². The van der Waals surface area contributed by atoms with E-state index in [9.17, 15) is 18.0 Å². The van der Waals surface area contributed by atoms with Crippen molar-refractivity contribution < 1.29 is 22.7 Å². The van der Waals surface area contributed by atoms with Crippen molar-refractivity contribution in [3.8, 4) is 0 Å². The van der Waals surface area contributed by atoms with Gasteiger partial charge in [-0.3, -0.25) is 9.59 Å². The van der Waals surface area contributed by atoms with Crippen LogP contribution in [0.3, 0.4) is 0 Å². The summed E-state index contributed by atoms with van der Waals surface area (Å²) < 4.78 is 30.7. The highest BCUT2D eigenvalue weighted by molar-refractivity contribution is 7.92. The summed E-state index contributed by atoms with van der Waals surface area (Å²) in [5.74, 6) is -0.903. The van der Waals surface area contributed by atoms with Gasteiger partial charge in [-0.2, -0.15) is 0 Å². The minimum Gasteiger partial charge on any atom is -0.456 e. The number of hydrogen-bond acceptors (Lipinski definition) is 5. The molecule has 0 aromatic heterocycles. The number of hydrogen-bond donors (Lipinski definition) is 1. The van der Waals surface area contributed by atoms with E-state index in [-0.39, 0.29) is 25.5 Å². The zero-order valence-corrected chi connectivity index (χ0v) is 15.3. The smallest absolute Gasteiger partial charge is 0.307 e. The van der Waals surface area contributed by atoms with E-state index in [2.05, 4.69) is 4.72 Å². The molecular weight excluding hydrogens is 344 g/mol. The third-order valence-corrected chi connectivity index (χ3v) is 4.45. The van der Waals surface area contributed by atoms with E-state index >= 15 is 0 Å². The molecule has 0 aliphatic heterocycles. The van der Waals surface area contributed by atoms with E-state index in [1.54, 1.807) is 29.2 Å². The Bertz CT molecular complexity index is 682. The van der Waals surface area contributed by atoms with Crippen molar-refractivity contribution in [2.45, 2.75) is 20.3 Å². The van der Waals surface area contributed by atoms with Crippen molar-refractivity contribution in [2.24, 2.45) is 0 Å². The van der Waals surface area contributed by atoms with E-state index in [1.165, 1.54) is 6.08 Å². The molecule has 138 valence electrons. The number of ether oxygens (including phenoxy) is 1. The lowest BCUT2D eigenvalue weighted by Crippen LogP contribution is -2.34. The van der Waals surface area contributed by atoms with Crippen LogP contribution in [-0.2, 0) is 24.3 Å². The first-order valence-electron chi connectivity index (χ1n) is 8.04. The van der Waals surface area contributed by atoms with E-state index < -0.39 is 16.0 Å². The lowest BCUT2D eigenvalue weighted by molar-refractivity contribution is -0.151. The maximum atomic E-state index is 11.8. The second kappa shape index (κ2) is 10.6. The monoisotopic (exact) mass is 368 g/mol. The van der Waals surface area contributed by atoms with Crippen molar-refractivity contribution in [2.75, 3.05) is 26.2 Å². The fourth-order valence-electron chi connectivity index (χ4n) is 1.96. The maximum absolute atomic E-state index is 11.8. The van der Waals surface area contributed by atoms with E-state index in [0.717, 1.165) is 11.0 Å². The Hall–Kier alpha value is -2.19. The molecule has 0 aliphatic rings. The van der Waals surface area contributed by atoms with Crippen LogP contribution in [0.25, 0.3) is 6.08 Å². The van der Waals surface area contributed by atoms with Gasteiger partial charge in [-0.25, -0.2) is 13.1 Å². The molecule has 0 fully saturated rings. The highest BCUT2D eigenvalue weighted by atomic mass is 32.2. The SMILES string of the molecule is CCN(CC)C(=O)COC(=O)CCNS(=O)(=O)/C=C/c1ccccc1. The fraction of sp³-hybridized carbons (Fsp3) is 0.412. The highest BCUT2D eigenvalue weighted by Crippen LogP contribution is 2.02. The number of benzene rings is 1. The highest BCUT2D eigenvalue weighted by Gasteiger charge is 2.13. The first-order valence-corrected chi connectivity index (χ1v) is 9.58. The van der Waals surface area contributed by atoms with Gasteiger partial charge >= 0.3 is 5.97 Å². The van der Waals surface area contributed by atoms with Crippen LogP contribution in [0, 0.1) is 0 Å². The molecule has 0 bridgehead atoms. The van der Waals surface area contributed by atoms with E-state index in [0.29, 0.717) is 13.1 Å². The molecule has 1 aromatic rings. The molecule has 0 atom stereocenters. The molecular formula is C17H24N2O5S. The summed E-state index contributed by atoms with van der Waals surface area (Å²) in [7, 11) is -3.64. The van der Waals surface area contributed by atoms with Gasteiger partial charge in [0.05, 0.1) is 6.42 Å². The van der Waals surface area contributed by atoms with E-state index in [4.69, 9.17) is 4.74 Å². The maximum Gasteiger partial charge on any atom is 0.307 e. The lowest BCUT2D eigenvalue weighted by Gasteiger charge is -2.18. The van der Waals surface area contributed by atoms with Crippen molar-refractivity contribution in [1.29, 1.82) is 0 Å². The zero-order chi connectivity index (χ0) is 18.7. The summed E-state index contributed by atoms with van der Waals surface area (Å²) >= 11 is 0. The molecule has 1 aromatic carbocycles. The van der Waals surface area contributed by atoms with Gasteiger partial charge in [0.1, 0.15) is 0 Å².